The molecule has 1 aromatic carbocycles. The molecule has 2 rings (SSSR count). The first-order chi connectivity index (χ1) is 11.8. The summed E-state index contributed by atoms with van der Waals surface area (Å²) in [5.74, 6) is -0.648. The van der Waals surface area contributed by atoms with E-state index in [1.807, 2.05) is 12.1 Å². The second kappa shape index (κ2) is 7.96. The van der Waals surface area contributed by atoms with Crippen LogP contribution in [-0.2, 0) is 14.9 Å². The maximum absolute atomic E-state index is 11.8. The molecule has 25 heavy (non-hydrogen) atoms. The van der Waals surface area contributed by atoms with Crippen LogP contribution in [0.25, 0.3) is 27.1 Å². The van der Waals surface area contributed by atoms with Gasteiger partial charge >= 0.3 is 5.97 Å². The Morgan fingerprint density at radius 1 is 1.36 bits per heavy atom. The second-order valence-corrected chi connectivity index (χ2v) is 7.40. The van der Waals surface area contributed by atoms with E-state index in [1.165, 1.54) is 23.0 Å². The molecule has 0 aliphatic rings. The smallest absolute Gasteiger partial charge is 0.340 e. The van der Waals surface area contributed by atoms with Crippen LogP contribution in [0.4, 0.5) is 0 Å². The molecule has 0 atom stereocenters. The molecular formula is C18H20N4O2S. The fourth-order valence-corrected chi connectivity index (χ4v) is 2.97. The Bertz CT molecular complexity index is 826. The van der Waals surface area contributed by atoms with E-state index in [4.69, 9.17) is 10.3 Å². The van der Waals surface area contributed by atoms with Gasteiger partial charge in [-0.15, -0.1) is 11.3 Å². The molecule has 0 aliphatic carbocycles. The van der Waals surface area contributed by atoms with Gasteiger partial charge in [0.1, 0.15) is 10.7 Å². The van der Waals surface area contributed by atoms with E-state index in [-0.39, 0.29) is 17.7 Å². The number of aromatic nitrogens is 1. The summed E-state index contributed by atoms with van der Waals surface area (Å²) in [6, 6.07) is 8.26. The van der Waals surface area contributed by atoms with Crippen LogP contribution >= 0.6 is 11.3 Å². The van der Waals surface area contributed by atoms with Crippen LogP contribution in [0.5, 0.6) is 0 Å². The molecule has 0 saturated carbocycles. The van der Waals surface area contributed by atoms with Crippen LogP contribution in [0.3, 0.4) is 0 Å². The summed E-state index contributed by atoms with van der Waals surface area (Å²) in [6.45, 7) is 8.41. The summed E-state index contributed by atoms with van der Waals surface area (Å²) in [6.07, 6.45) is 3.13. The van der Waals surface area contributed by atoms with E-state index in [9.17, 15) is 4.79 Å². The van der Waals surface area contributed by atoms with E-state index >= 15 is 0 Å². The molecule has 1 aromatic heterocycles. The molecule has 7 heteroatoms. The number of nitrogens with zero attached hydrogens (tertiary/aromatic N) is 4. The molecule has 0 spiro atoms. The fraction of sp³-hybridized carbons (Fsp3) is 0.333. The maximum atomic E-state index is 11.8. The highest BCUT2D eigenvalue weighted by Gasteiger charge is 2.14. The molecule has 1 heterocycles. The first-order valence-electron chi connectivity index (χ1n) is 7.86. The van der Waals surface area contributed by atoms with E-state index in [0.29, 0.717) is 4.88 Å². The Morgan fingerprint density at radius 3 is 2.60 bits per heavy atom. The lowest BCUT2D eigenvalue weighted by Gasteiger charge is -2.18. The standard InChI is InChI=1S/C18H20N4O2S/c1-5-24-17(23)15(21-22-19)10-14-11-20-16(25-14)12-6-8-13(9-7-12)18(2,3)4/h6-11H,5H2,1-4H3/b15-10-. The summed E-state index contributed by atoms with van der Waals surface area (Å²) in [7, 11) is 0. The lowest BCUT2D eigenvalue weighted by atomic mass is 9.87. The molecule has 0 N–H and O–H groups in total. The monoisotopic (exact) mass is 356 g/mol. The minimum absolute atomic E-state index is 0.0809. The quantitative estimate of drug-likeness (QED) is 0.239. The molecule has 0 amide bonds. The Kier molecular flexibility index (Phi) is 5.96. The Morgan fingerprint density at radius 2 is 2.04 bits per heavy atom. The van der Waals surface area contributed by atoms with Crippen molar-refractivity contribution in [1.29, 1.82) is 0 Å². The lowest BCUT2D eigenvalue weighted by Crippen LogP contribution is -2.10. The van der Waals surface area contributed by atoms with Gasteiger partial charge in [0, 0.05) is 21.5 Å². The van der Waals surface area contributed by atoms with E-state index in [2.05, 4.69) is 47.9 Å². The SMILES string of the molecule is CCOC(=O)/C(=C/c1cnc(-c2ccc(C(C)(C)C)cc2)s1)N=[N+]=[N-]. The van der Waals surface area contributed by atoms with Crippen molar-refractivity contribution in [2.45, 2.75) is 33.1 Å². The molecule has 0 saturated heterocycles. The highest BCUT2D eigenvalue weighted by atomic mass is 32.1. The van der Waals surface area contributed by atoms with Crippen molar-refractivity contribution < 1.29 is 9.53 Å². The van der Waals surface area contributed by atoms with Gasteiger partial charge in [-0.1, -0.05) is 50.2 Å². The number of azide groups is 1. The van der Waals surface area contributed by atoms with Gasteiger partial charge in [0.05, 0.1) is 6.61 Å². The van der Waals surface area contributed by atoms with Crippen molar-refractivity contribution in [3.05, 3.63) is 57.0 Å². The Balaban J connectivity index is 2.28. The minimum atomic E-state index is -0.648. The van der Waals surface area contributed by atoms with Gasteiger partial charge < -0.3 is 4.74 Å². The van der Waals surface area contributed by atoms with Crippen LogP contribution in [0.2, 0.25) is 0 Å². The Labute approximate surface area is 150 Å². The number of hydrogen-bond donors (Lipinski definition) is 0. The van der Waals surface area contributed by atoms with Gasteiger partial charge in [0.25, 0.3) is 0 Å². The number of rotatable bonds is 5. The number of carbonyl (C=O) groups is 1. The third-order valence-corrected chi connectivity index (χ3v) is 4.43. The van der Waals surface area contributed by atoms with Gasteiger partial charge in [0.15, 0.2) is 0 Å². The van der Waals surface area contributed by atoms with Crippen molar-refractivity contribution in [1.82, 2.24) is 4.98 Å². The molecule has 0 radical (unpaired) electrons. The zero-order valence-corrected chi connectivity index (χ0v) is 15.5. The fourth-order valence-electron chi connectivity index (χ4n) is 2.12. The minimum Gasteiger partial charge on any atom is -0.462 e. The summed E-state index contributed by atoms with van der Waals surface area (Å²) in [5, 5.41) is 4.23. The Hall–Kier alpha value is -2.63. The van der Waals surface area contributed by atoms with Crippen molar-refractivity contribution in [3.8, 4) is 10.6 Å². The maximum Gasteiger partial charge on any atom is 0.340 e. The summed E-state index contributed by atoms with van der Waals surface area (Å²) >= 11 is 1.41. The largest absolute Gasteiger partial charge is 0.462 e. The molecule has 6 nitrogen and oxygen atoms in total. The number of thiazole rings is 1. The van der Waals surface area contributed by atoms with Crippen LogP contribution in [-0.4, -0.2) is 17.6 Å². The van der Waals surface area contributed by atoms with Crippen LogP contribution < -0.4 is 0 Å². The van der Waals surface area contributed by atoms with E-state index in [1.54, 1.807) is 13.1 Å². The number of carbonyl (C=O) groups excluding carboxylic acids is 1. The highest BCUT2D eigenvalue weighted by Crippen LogP contribution is 2.29. The van der Waals surface area contributed by atoms with Gasteiger partial charge in [-0.2, -0.15) is 0 Å². The van der Waals surface area contributed by atoms with Crippen LogP contribution in [0.1, 0.15) is 38.1 Å². The average molecular weight is 356 g/mol. The van der Waals surface area contributed by atoms with Crippen molar-refractivity contribution in [2.24, 2.45) is 5.11 Å². The lowest BCUT2D eigenvalue weighted by molar-refractivity contribution is -0.138. The van der Waals surface area contributed by atoms with Gasteiger partial charge in [-0.3, -0.25) is 0 Å². The second-order valence-electron chi connectivity index (χ2n) is 6.33. The summed E-state index contributed by atoms with van der Waals surface area (Å²) in [5.41, 5.74) is 10.9. The molecular weight excluding hydrogens is 336 g/mol. The summed E-state index contributed by atoms with van der Waals surface area (Å²) < 4.78 is 4.88. The number of benzene rings is 1. The van der Waals surface area contributed by atoms with E-state index in [0.717, 1.165) is 10.6 Å². The number of esters is 1. The molecule has 0 bridgehead atoms. The zero-order chi connectivity index (χ0) is 18.4. The third-order valence-electron chi connectivity index (χ3n) is 3.44. The van der Waals surface area contributed by atoms with E-state index < -0.39 is 5.97 Å². The predicted molar refractivity (Wildman–Crippen MR) is 100 cm³/mol. The van der Waals surface area contributed by atoms with Crippen molar-refractivity contribution >= 4 is 23.4 Å². The summed E-state index contributed by atoms with van der Waals surface area (Å²) in [4.78, 5) is 19.5. The first kappa shape index (κ1) is 18.7. The normalized spacial score (nSPS) is 11.8. The predicted octanol–water partition coefficient (Wildman–Crippen LogP) is 5.32. The van der Waals surface area contributed by atoms with Crippen LogP contribution in [0, 0.1) is 0 Å². The van der Waals surface area contributed by atoms with Crippen LogP contribution in [0.15, 0.2) is 41.3 Å². The molecule has 130 valence electrons. The number of hydrogen-bond acceptors (Lipinski definition) is 5. The highest BCUT2D eigenvalue weighted by molar-refractivity contribution is 7.15. The van der Waals surface area contributed by atoms with Crippen molar-refractivity contribution in [3.63, 3.8) is 0 Å². The van der Waals surface area contributed by atoms with Crippen molar-refractivity contribution in [2.75, 3.05) is 6.61 Å². The molecule has 0 unspecified atom stereocenters. The number of ether oxygens (including phenoxy) is 1. The average Bonchev–Trinajstić information content (AvgIpc) is 3.02. The third kappa shape index (κ3) is 4.92. The molecule has 0 aliphatic heterocycles. The molecule has 0 fully saturated rings. The topological polar surface area (TPSA) is 88.0 Å². The van der Waals surface area contributed by atoms with Gasteiger partial charge in [-0.05, 0) is 29.5 Å². The zero-order valence-electron chi connectivity index (χ0n) is 14.7. The van der Waals surface area contributed by atoms with Gasteiger partial charge in [-0.25, -0.2) is 9.78 Å². The van der Waals surface area contributed by atoms with Gasteiger partial charge in [0.2, 0.25) is 0 Å². The first-order valence-corrected chi connectivity index (χ1v) is 8.67. The molecule has 2 aromatic rings.